The molecule has 114 valence electrons. The van der Waals surface area contributed by atoms with Crippen LogP contribution < -0.4 is 5.32 Å². The third-order valence-corrected chi connectivity index (χ3v) is 2.78. The van der Waals surface area contributed by atoms with E-state index in [1.165, 1.54) is 12.4 Å². The number of halogens is 3. The Bertz CT molecular complexity index is 639. The molecule has 2 heterocycles. The van der Waals surface area contributed by atoms with E-state index in [0.717, 1.165) is 0 Å². The molecule has 0 aliphatic rings. The van der Waals surface area contributed by atoms with Gasteiger partial charge in [0.05, 0.1) is 17.3 Å². The summed E-state index contributed by atoms with van der Waals surface area (Å²) in [5, 5.41) is 11.2. The Balaban J connectivity index is 2.23. The zero-order valence-corrected chi connectivity index (χ0v) is 10.9. The Kier molecular flexibility index (Phi) is 4.41. The molecule has 0 spiro atoms. The molecule has 0 bridgehead atoms. The lowest BCUT2D eigenvalue weighted by atomic mass is 10.2. The molecule has 2 aromatic heterocycles. The van der Waals surface area contributed by atoms with Gasteiger partial charge < -0.3 is 15.4 Å². The number of carbonyl (C=O) groups excluding carboxylic acids is 1. The molecule has 21 heavy (non-hydrogen) atoms. The standard InChI is InChI=1S/C12H13F3N4O2/c13-12(14,15)11-18-8-6-16-5-7(9(8)19-11)10(21)17-3-1-2-4-20/h5-6,20H,1-4H2,(H,17,21)(H,18,19). The predicted molar refractivity (Wildman–Crippen MR) is 67.5 cm³/mol. The molecule has 0 atom stereocenters. The van der Waals surface area contributed by atoms with Gasteiger partial charge in [0.25, 0.3) is 5.91 Å². The molecule has 0 saturated heterocycles. The lowest BCUT2D eigenvalue weighted by Gasteiger charge is -2.04. The van der Waals surface area contributed by atoms with Gasteiger partial charge in [0.1, 0.15) is 5.52 Å². The van der Waals surface area contributed by atoms with E-state index >= 15 is 0 Å². The van der Waals surface area contributed by atoms with Gasteiger partial charge in [0, 0.05) is 19.3 Å². The number of alkyl halides is 3. The van der Waals surface area contributed by atoms with Crippen molar-refractivity contribution >= 4 is 16.9 Å². The van der Waals surface area contributed by atoms with Gasteiger partial charge in [-0.25, -0.2) is 4.98 Å². The van der Waals surface area contributed by atoms with Gasteiger partial charge in [0.2, 0.25) is 5.82 Å². The molecule has 0 aliphatic heterocycles. The molecular weight excluding hydrogens is 289 g/mol. The first-order valence-corrected chi connectivity index (χ1v) is 6.23. The van der Waals surface area contributed by atoms with Gasteiger partial charge in [-0.1, -0.05) is 0 Å². The summed E-state index contributed by atoms with van der Waals surface area (Å²) in [6.07, 6.45) is -1.16. The molecule has 1 amide bonds. The zero-order chi connectivity index (χ0) is 15.5. The molecule has 2 rings (SSSR count). The van der Waals surface area contributed by atoms with Crippen LogP contribution in [0.25, 0.3) is 11.0 Å². The molecule has 6 nitrogen and oxygen atoms in total. The summed E-state index contributed by atoms with van der Waals surface area (Å²) >= 11 is 0. The number of aromatic amines is 1. The number of imidazole rings is 1. The maximum Gasteiger partial charge on any atom is 0.449 e. The van der Waals surface area contributed by atoms with Crippen LogP contribution in [0.2, 0.25) is 0 Å². The number of fused-ring (bicyclic) bond motifs is 1. The first-order valence-electron chi connectivity index (χ1n) is 6.23. The predicted octanol–water partition coefficient (Wildman–Crippen LogP) is 1.48. The number of aliphatic hydroxyl groups is 1. The van der Waals surface area contributed by atoms with E-state index in [2.05, 4.69) is 20.3 Å². The summed E-state index contributed by atoms with van der Waals surface area (Å²) in [5.41, 5.74) is -0.0504. The number of aromatic nitrogens is 3. The Morgan fingerprint density at radius 2 is 2.10 bits per heavy atom. The van der Waals surface area contributed by atoms with Gasteiger partial charge in [-0.15, -0.1) is 0 Å². The first-order chi connectivity index (χ1) is 9.93. The topological polar surface area (TPSA) is 90.9 Å². The number of hydrogen-bond acceptors (Lipinski definition) is 4. The van der Waals surface area contributed by atoms with E-state index in [1.54, 1.807) is 0 Å². The fourth-order valence-electron chi connectivity index (χ4n) is 1.77. The number of carbonyl (C=O) groups is 1. The van der Waals surface area contributed by atoms with Gasteiger partial charge in [-0.3, -0.25) is 9.78 Å². The Morgan fingerprint density at radius 1 is 1.33 bits per heavy atom. The van der Waals surface area contributed by atoms with Crippen LogP contribution in [0.3, 0.4) is 0 Å². The lowest BCUT2D eigenvalue weighted by Crippen LogP contribution is -2.25. The van der Waals surface area contributed by atoms with Crippen molar-refractivity contribution in [1.82, 2.24) is 20.3 Å². The fraction of sp³-hybridized carbons (Fsp3) is 0.417. The average molecular weight is 302 g/mol. The highest BCUT2D eigenvalue weighted by Crippen LogP contribution is 2.29. The number of rotatable bonds is 5. The molecule has 0 fully saturated rings. The van der Waals surface area contributed by atoms with Crippen molar-refractivity contribution in [2.75, 3.05) is 13.2 Å². The number of H-pyrrole nitrogens is 1. The van der Waals surface area contributed by atoms with Crippen molar-refractivity contribution in [3.63, 3.8) is 0 Å². The third-order valence-electron chi connectivity index (χ3n) is 2.78. The van der Waals surface area contributed by atoms with Crippen molar-refractivity contribution in [2.24, 2.45) is 0 Å². The number of unbranched alkanes of at least 4 members (excludes halogenated alkanes) is 1. The van der Waals surface area contributed by atoms with Crippen LogP contribution in [0.4, 0.5) is 13.2 Å². The van der Waals surface area contributed by atoms with Crippen molar-refractivity contribution < 1.29 is 23.1 Å². The Labute approximate surface area is 117 Å². The smallest absolute Gasteiger partial charge is 0.396 e. The molecule has 0 unspecified atom stereocenters. The van der Waals surface area contributed by atoms with Crippen molar-refractivity contribution in [3.05, 3.63) is 23.8 Å². The summed E-state index contributed by atoms with van der Waals surface area (Å²) in [6.45, 7) is 0.327. The molecule has 3 N–H and O–H groups in total. The minimum Gasteiger partial charge on any atom is -0.396 e. The minimum atomic E-state index is -4.62. The fourth-order valence-corrected chi connectivity index (χ4v) is 1.77. The zero-order valence-electron chi connectivity index (χ0n) is 10.9. The quantitative estimate of drug-likeness (QED) is 0.730. The number of amides is 1. The van der Waals surface area contributed by atoms with Gasteiger partial charge in [0.15, 0.2) is 0 Å². The van der Waals surface area contributed by atoms with E-state index < -0.39 is 17.9 Å². The number of aliphatic hydroxyl groups excluding tert-OH is 1. The molecule has 0 aromatic carbocycles. The maximum absolute atomic E-state index is 12.6. The number of pyridine rings is 1. The SMILES string of the molecule is O=C(NCCCCO)c1cncc2[nH]c(C(F)(F)F)nc12. The Morgan fingerprint density at radius 3 is 2.76 bits per heavy atom. The minimum absolute atomic E-state index is 0.0152. The normalized spacial score (nSPS) is 11.8. The van der Waals surface area contributed by atoms with Crippen LogP contribution in [0.1, 0.15) is 29.0 Å². The van der Waals surface area contributed by atoms with Crippen LogP contribution in [-0.2, 0) is 6.18 Å². The number of hydrogen-bond donors (Lipinski definition) is 3. The molecule has 0 radical (unpaired) electrons. The molecule has 0 saturated carbocycles. The van der Waals surface area contributed by atoms with Gasteiger partial charge >= 0.3 is 6.18 Å². The molecule has 2 aromatic rings. The molecule has 0 aliphatic carbocycles. The summed E-state index contributed by atoms with van der Waals surface area (Å²) in [5.74, 6) is -1.72. The highest BCUT2D eigenvalue weighted by molar-refractivity contribution is 6.04. The second kappa shape index (κ2) is 6.08. The van der Waals surface area contributed by atoms with Crippen LogP contribution >= 0.6 is 0 Å². The van der Waals surface area contributed by atoms with Crippen LogP contribution in [0.15, 0.2) is 12.4 Å². The average Bonchev–Trinajstić information content (AvgIpc) is 2.87. The van der Waals surface area contributed by atoms with Crippen LogP contribution in [0, 0.1) is 0 Å². The van der Waals surface area contributed by atoms with E-state index in [1.807, 2.05) is 0 Å². The highest BCUT2D eigenvalue weighted by atomic mass is 19.4. The largest absolute Gasteiger partial charge is 0.449 e. The second-order valence-corrected chi connectivity index (χ2v) is 4.35. The van der Waals surface area contributed by atoms with E-state index in [-0.39, 0.29) is 23.2 Å². The van der Waals surface area contributed by atoms with E-state index in [4.69, 9.17) is 5.11 Å². The van der Waals surface area contributed by atoms with E-state index in [9.17, 15) is 18.0 Å². The first kappa shape index (κ1) is 15.2. The Hall–Kier alpha value is -2.16. The molecular formula is C12H13F3N4O2. The van der Waals surface area contributed by atoms with Gasteiger partial charge in [-0.2, -0.15) is 13.2 Å². The number of nitrogens with zero attached hydrogens (tertiary/aromatic N) is 2. The summed E-state index contributed by atoms with van der Waals surface area (Å²) in [7, 11) is 0. The lowest BCUT2D eigenvalue weighted by molar-refractivity contribution is -0.144. The molecule has 9 heteroatoms. The number of nitrogens with one attached hydrogen (secondary N) is 2. The maximum atomic E-state index is 12.6. The van der Waals surface area contributed by atoms with Crippen LogP contribution in [0.5, 0.6) is 0 Å². The van der Waals surface area contributed by atoms with E-state index in [0.29, 0.717) is 19.4 Å². The van der Waals surface area contributed by atoms with Crippen LogP contribution in [-0.4, -0.2) is 39.1 Å². The van der Waals surface area contributed by atoms with Crippen molar-refractivity contribution in [1.29, 1.82) is 0 Å². The summed E-state index contributed by atoms with van der Waals surface area (Å²) in [4.78, 5) is 21.2. The van der Waals surface area contributed by atoms with Crippen molar-refractivity contribution in [2.45, 2.75) is 19.0 Å². The summed E-state index contributed by atoms with van der Waals surface area (Å²) in [6, 6.07) is 0. The van der Waals surface area contributed by atoms with Gasteiger partial charge in [-0.05, 0) is 12.8 Å². The second-order valence-electron chi connectivity index (χ2n) is 4.35. The summed E-state index contributed by atoms with van der Waals surface area (Å²) < 4.78 is 37.8. The third kappa shape index (κ3) is 3.48. The monoisotopic (exact) mass is 302 g/mol. The highest BCUT2D eigenvalue weighted by Gasteiger charge is 2.35. The van der Waals surface area contributed by atoms with Crippen molar-refractivity contribution in [3.8, 4) is 0 Å².